The van der Waals surface area contributed by atoms with Gasteiger partial charge in [0, 0.05) is 18.5 Å². The van der Waals surface area contributed by atoms with Crippen molar-refractivity contribution in [2.75, 3.05) is 13.1 Å². The second-order valence-corrected chi connectivity index (χ2v) is 6.72. The summed E-state index contributed by atoms with van der Waals surface area (Å²) in [6.45, 7) is 1.31. The molecule has 0 aromatic carbocycles. The lowest BCUT2D eigenvalue weighted by Crippen LogP contribution is -2.40. The maximum atomic E-state index is 12.2. The number of piperidine rings is 1. The van der Waals surface area contributed by atoms with Gasteiger partial charge in [-0.05, 0) is 24.3 Å². The van der Waals surface area contributed by atoms with E-state index >= 15 is 0 Å². The standard InChI is InChI=1S/C14H16N2O2S2/c17-11-3-5-16(6-4-11)13(18)8-10-9-20-14(15-10)12-2-1-7-19-12/h1-2,7,9,11,17H,3-6,8H2. The summed E-state index contributed by atoms with van der Waals surface area (Å²) in [7, 11) is 0. The summed E-state index contributed by atoms with van der Waals surface area (Å²) < 4.78 is 0. The first-order valence-electron chi connectivity index (χ1n) is 6.66. The minimum Gasteiger partial charge on any atom is -0.393 e. The van der Waals surface area contributed by atoms with Gasteiger partial charge >= 0.3 is 0 Å². The average molecular weight is 308 g/mol. The third kappa shape index (κ3) is 3.08. The monoisotopic (exact) mass is 308 g/mol. The SMILES string of the molecule is O=C(Cc1csc(-c2cccs2)n1)N1CCC(O)CC1. The second kappa shape index (κ2) is 6.03. The molecule has 2 aromatic heterocycles. The minimum atomic E-state index is -0.247. The van der Waals surface area contributed by atoms with E-state index in [9.17, 15) is 9.90 Å². The number of aliphatic hydroxyl groups is 1. The van der Waals surface area contributed by atoms with Crippen molar-refractivity contribution in [2.24, 2.45) is 0 Å². The number of amides is 1. The Balaban J connectivity index is 1.62. The Morgan fingerprint density at radius 1 is 1.40 bits per heavy atom. The highest BCUT2D eigenvalue weighted by Crippen LogP contribution is 2.28. The highest BCUT2D eigenvalue weighted by atomic mass is 32.1. The quantitative estimate of drug-likeness (QED) is 0.947. The van der Waals surface area contributed by atoms with Crippen LogP contribution in [-0.2, 0) is 11.2 Å². The van der Waals surface area contributed by atoms with Crippen LogP contribution in [0.2, 0.25) is 0 Å². The molecule has 3 rings (SSSR count). The molecule has 2 aromatic rings. The van der Waals surface area contributed by atoms with Gasteiger partial charge in [-0.15, -0.1) is 22.7 Å². The van der Waals surface area contributed by atoms with Crippen molar-refractivity contribution in [1.82, 2.24) is 9.88 Å². The maximum absolute atomic E-state index is 12.2. The van der Waals surface area contributed by atoms with Gasteiger partial charge in [0.1, 0.15) is 5.01 Å². The van der Waals surface area contributed by atoms with Crippen molar-refractivity contribution in [2.45, 2.75) is 25.4 Å². The lowest BCUT2D eigenvalue weighted by atomic mass is 10.1. The van der Waals surface area contributed by atoms with Gasteiger partial charge < -0.3 is 10.0 Å². The summed E-state index contributed by atoms with van der Waals surface area (Å²) in [5.41, 5.74) is 0.842. The Hall–Kier alpha value is -1.24. The molecule has 1 amide bonds. The first-order valence-corrected chi connectivity index (χ1v) is 8.42. The zero-order valence-electron chi connectivity index (χ0n) is 11.0. The number of thiazole rings is 1. The largest absolute Gasteiger partial charge is 0.393 e. The Bertz CT molecular complexity index is 572. The first kappa shape index (κ1) is 13.7. The fraction of sp³-hybridized carbons (Fsp3) is 0.429. The van der Waals surface area contributed by atoms with Crippen LogP contribution in [0.3, 0.4) is 0 Å². The summed E-state index contributed by atoms with van der Waals surface area (Å²) in [5.74, 6) is 0.111. The fourth-order valence-corrected chi connectivity index (χ4v) is 3.92. The fourth-order valence-electron chi connectivity index (χ4n) is 2.28. The van der Waals surface area contributed by atoms with Gasteiger partial charge in [0.25, 0.3) is 0 Å². The van der Waals surface area contributed by atoms with Crippen molar-refractivity contribution in [3.05, 3.63) is 28.6 Å². The van der Waals surface area contributed by atoms with E-state index in [0.717, 1.165) is 15.6 Å². The van der Waals surface area contributed by atoms with Crippen LogP contribution in [0.15, 0.2) is 22.9 Å². The van der Waals surface area contributed by atoms with Gasteiger partial charge in [-0.2, -0.15) is 0 Å². The predicted octanol–water partition coefficient (Wildman–Crippen LogP) is 2.40. The molecule has 0 bridgehead atoms. The molecular weight excluding hydrogens is 292 g/mol. The molecule has 0 atom stereocenters. The van der Waals surface area contributed by atoms with E-state index in [4.69, 9.17) is 0 Å². The van der Waals surface area contributed by atoms with E-state index in [2.05, 4.69) is 4.98 Å². The Kier molecular flexibility index (Phi) is 4.14. The molecule has 6 heteroatoms. The lowest BCUT2D eigenvalue weighted by Gasteiger charge is -2.29. The van der Waals surface area contributed by atoms with Crippen molar-refractivity contribution < 1.29 is 9.90 Å². The molecule has 3 heterocycles. The van der Waals surface area contributed by atoms with Crippen LogP contribution in [0.1, 0.15) is 18.5 Å². The van der Waals surface area contributed by atoms with E-state index in [1.165, 1.54) is 0 Å². The number of rotatable bonds is 3. The van der Waals surface area contributed by atoms with Gasteiger partial charge in [0.15, 0.2) is 0 Å². The normalized spacial score (nSPS) is 16.6. The van der Waals surface area contributed by atoms with Crippen LogP contribution in [0, 0.1) is 0 Å². The summed E-state index contributed by atoms with van der Waals surface area (Å²) in [6, 6.07) is 4.05. The number of likely N-dealkylation sites (tertiary alicyclic amines) is 1. The number of carbonyl (C=O) groups is 1. The second-order valence-electron chi connectivity index (χ2n) is 4.91. The zero-order valence-corrected chi connectivity index (χ0v) is 12.6. The molecule has 4 nitrogen and oxygen atoms in total. The van der Waals surface area contributed by atoms with Gasteiger partial charge in [-0.3, -0.25) is 4.79 Å². The highest BCUT2D eigenvalue weighted by molar-refractivity contribution is 7.20. The third-order valence-electron chi connectivity index (χ3n) is 3.43. The summed E-state index contributed by atoms with van der Waals surface area (Å²) in [5, 5.41) is 14.4. The van der Waals surface area contributed by atoms with Gasteiger partial charge in [-0.25, -0.2) is 4.98 Å². The Morgan fingerprint density at radius 2 is 2.20 bits per heavy atom. The minimum absolute atomic E-state index is 0.111. The van der Waals surface area contributed by atoms with Crippen LogP contribution in [0.5, 0.6) is 0 Å². The number of hydrogen-bond donors (Lipinski definition) is 1. The van der Waals surface area contributed by atoms with Crippen LogP contribution in [0.4, 0.5) is 0 Å². The first-order chi connectivity index (χ1) is 9.72. The van der Waals surface area contributed by atoms with Gasteiger partial charge in [-0.1, -0.05) is 6.07 Å². The molecule has 1 fully saturated rings. The molecule has 0 aliphatic carbocycles. The van der Waals surface area contributed by atoms with Crippen molar-refractivity contribution in [1.29, 1.82) is 0 Å². The Morgan fingerprint density at radius 3 is 2.90 bits per heavy atom. The van der Waals surface area contributed by atoms with Gasteiger partial charge in [0.2, 0.25) is 5.91 Å². The maximum Gasteiger partial charge on any atom is 0.228 e. The summed E-state index contributed by atoms with van der Waals surface area (Å²) in [6.07, 6.45) is 1.48. The molecular formula is C14H16N2O2S2. The number of hydrogen-bond acceptors (Lipinski definition) is 5. The third-order valence-corrected chi connectivity index (χ3v) is 5.36. The summed E-state index contributed by atoms with van der Waals surface area (Å²) in [4.78, 5) is 19.7. The van der Waals surface area contributed by atoms with E-state index in [0.29, 0.717) is 32.4 Å². The molecule has 0 unspecified atom stereocenters. The lowest BCUT2D eigenvalue weighted by molar-refractivity contribution is -0.132. The number of carbonyl (C=O) groups excluding carboxylic acids is 1. The number of nitrogens with zero attached hydrogens (tertiary/aromatic N) is 2. The number of thiophene rings is 1. The van der Waals surface area contributed by atoms with Crippen LogP contribution >= 0.6 is 22.7 Å². The van der Waals surface area contributed by atoms with E-state index in [-0.39, 0.29) is 12.0 Å². The average Bonchev–Trinajstić information content (AvgIpc) is 3.09. The zero-order chi connectivity index (χ0) is 13.9. The van der Waals surface area contributed by atoms with Crippen LogP contribution in [-0.4, -0.2) is 40.1 Å². The molecule has 1 aliphatic heterocycles. The van der Waals surface area contributed by atoms with Crippen molar-refractivity contribution >= 4 is 28.6 Å². The van der Waals surface area contributed by atoms with Crippen LogP contribution in [0.25, 0.3) is 9.88 Å². The predicted molar refractivity (Wildman–Crippen MR) is 81.0 cm³/mol. The molecule has 106 valence electrons. The molecule has 0 spiro atoms. The smallest absolute Gasteiger partial charge is 0.228 e. The van der Waals surface area contributed by atoms with E-state index < -0.39 is 0 Å². The topological polar surface area (TPSA) is 53.4 Å². The Labute approximate surface area is 125 Å². The molecule has 1 saturated heterocycles. The molecule has 0 radical (unpaired) electrons. The molecule has 0 saturated carbocycles. The van der Waals surface area contributed by atoms with Crippen molar-refractivity contribution in [3.63, 3.8) is 0 Å². The summed E-state index contributed by atoms with van der Waals surface area (Å²) >= 11 is 3.25. The highest BCUT2D eigenvalue weighted by Gasteiger charge is 2.22. The number of aromatic nitrogens is 1. The van der Waals surface area contributed by atoms with Gasteiger partial charge in [0.05, 0.1) is 23.1 Å². The number of aliphatic hydroxyl groups excluding tert-OH is 1. The van der Waals surface area contributed by atoms with Crippen molar-refractivity contribution in [3.8, 4) is 9.88 Å². The molecule has 1 aliphatic rings. The van der Waals surface area contributed by atoms with E-state index in [1.807, 2.05) is 27.8 Å². The molecule has 1 N–H and O–H groups in total. The van der Waals surface area contributed by atoms with Crippen LogP contribution < -0.4 is 0 Å². The van der Waals surface area contributed by atoms with E-state index in [1.54, 1.807) is 22.7 Å². The molecule has 20 heavy (non-hydrogen) atoms.